The number of hydrogen-bond acceptors (Lipinski definition) is 4. The molecule has 0 atom stereocenters. The number of para-hydroxylation sites is 1. The van der Waals surface area contributed by atoms with Crippen LogP contribution in [0, 0.1) is 0 Å². The predicted molar refractivity (Wildman–Crippen MR) is 94.6 cm³/mol. The van der Waals surface area contributed by atoms with Crippen molar-refractivity contribution in [2.24, 2.45) is 4.99 Å². The van der Waals surface area contributed by atoms with E-state index in [1.165, 1.54) is 0 Å². The van der Waals surface area contributed by atoms with Gasteiger partial charge in [0.05, 0.1) is 14.2 Å². The first-order valence-electron chi connectivity index (χ1n) is 7.90. The van der Waals surface area contributed by atoms with Gasteiger partial charge in [0.15, 0.2) is 17.5 Å². The first-order valence-corrected chi connectivity index (χ1v) is 7.90. The van der Waals surface area contributed by atoms with Crippen LogP contribution in [0.4, 0.5) is 0 Å². The lowest BCUT2D eigenvalue weighted by atomic mass is 10.2. The Hall–Kier alpha value is -2.70. The molecule has 0 aliphatic rings. The molecule has 24 heavy (non-hydrogen) atoms. The molecule has 130 valence electrons. The highest BCUT2D eigenvalue weighted by Crippen LogP contribution is 2.30. The standard InChI is InChI=1S/C17H25N5O2/c1-18-17(19-9-5-11-22-12-6-10-21-22)20-13-14-7-4-8-15(23-2)16(14)24-3/h4,6-8,10,12H,5,9,11,13H2,1-3H3,(H2,18,19,20). The Bertz CT molecular complexity index is 640. The minimum absolute atomic E-state index is 0.596. The first-order chi connectivity index (χ1) is 11.8. The number of benzene rings is 1. The van der Waals surface area contributed by atoms with Gasteiger partial charge >= 0.3 is 0 Å². The van der Waals surface area contributed by atoms with Crippen molar-refractivity contribution < 1.29 is 9.47 Å². The monoisotopic (exact) mass is 331 g/mol. The Balaban J connectivity index is 1.81. The quantitative estimate of drug-likeness (QED) is 0.437. The van der Waals surface area contributed by atoms with Gasteiger partial charge in [0.2, 0.25) is 0 Å². The Morgan fingerprint density at radius 2 is 2.08 bits per heavy atom. The minimum atomic E-state index is 0.596. The second-order valence-electron chi connectivity index (χ2n) is 5.13. The molecule has 7 heteroatoms. The summed E-state index contributed by atoms with van der Waals surface area (Å²) in [5.74, 6) is 2.21. The van der Waals surface area contributed by atoms with E-state index < -0.39 is 0 Å². The van der Waals surface area contributed by atoms with Crippen molar-refractivity contribution in [2.45, 2.75) is 19.5 Å². The molecule has 0 radical (unpaired) electrons. The number of aryl methyl sites for hydroxylation is 1. The maximum absolute atomic E-state index is 5.44. The van der Waals surface area contributed by atoms with Crippen LogP contribution < -0.4 is 20.1 Å². The normalized spacial score (nSPS) is 11.2. The minimum Gasteiger partial charge on any atom is -0.493 e. The molecule has 0 bridgehead atoms. The van der Waals surface area contributed by atoms with Crippen LogP contribution in [0.5, 0.6) is 11.5 Å². The fourth-order valence-electron chi connectivity index (χ4n) is 2.37. The molecular weight excluding hydrogens is 306 g/mol. The number of ether oxygens (including phenoxy) is 2. The maximum atomic E-state index is 5.44. The van der Waals surface area contributed by atoms with Crippen LogP contribution in [-0.2, 0) is 13.1 Å². The summed E-state index contributed by atoms with van der Waals surface area (Å²) in [5, 5.41) is 10.8. The summed E-state index contributed by atoms with van der Waals surface area (Å²) in [6.07, 6.45) is 4.71. The summed E-state index contributed by atoms with van der Waals surface area (Å²) in [7, 11) is 5.03. The van der Waals surface area contributed by atoms with Crippen LogP contribution >= 0.6 is 0 Å². The highest BCUT2D eigenvalue weighted by atomic mass is 16.5. The first kappa shape index (κ1) is 17.7. The molecular formula is C17H25N5O2. The molecule has 1 aromatic heterocycles. The zero-order chi connectivity index (χ0) is 17.2. The largest absolute Gasteiger partial charge is 0.493 e. The van der Waals surface area contributed by atoms with Crippen molar-refractivity contribution in [1.82, 2.24) is 20.4 Å². The Morgan fingerprint density at radius 1 is 1.21 bits per heavy atom. The van der Waals surface area contributed by atoms with Gasteiger partial charge in [-0.3, -0.25) is 9.67 Å². The molecule has 0 spiro atoms. The number of aromatic nitrogens is 2. The van der Waals surface area contributed by atoms with E-state index in [1.54, 1.807) is 27.5 Å². The Kier molecular flexibility index (Phi) is 6.94. The molecule has 1 aromatic carbocycles. The SMILES string of the molecule is CN=C(NCCCn1cccn1)NCc1cccc(OC)c1OC. The maximum Gasteiger partial charge on any atom is 0.191 e. The zero-order valence-electron chi connectivity index (χ0n) is 14.5. The molecule has 2 rings (SSSR count). The average Bonchev–Trinajstić information content (AvgIpc) is 3.14. The van der Waals surface area contributed by atoms with Crippen LogP contribution in [0.2, 0.25) is 0 Å². The lowest BCUT2D eigenvalue weighted by Crippen LogP contribution is -2.37. The molecule has 1 heterocycles. The van der Waals surface area contributed by atoms with Crippen LogP contribution in [-0.4, -0.2) is 43.6 Å². The van der Waals surface area contributed by atoms with E-state index in [-0.39, 0.29) is 0 Å². The van der Waals surface area contributed by atoms with Crippen molar-refractivity contribution in [2.75, 3.05) is 27.8 Å². The molecule has 0 unspecified atom stereocenters. The van der Waals surface area contributed by atoms with Crippen LogP contribution in [0.3, 0.4) is 0 Å². The molecule has 2 N–H and O–H groups in total. The molecule has 0 amide bonds. The van der Waals surface area contributed by atoms with Gasteiger partial charge in [0, 0.05) is 44.6 Å². The van der Waals surface area contributed by atoms with Gasteiger partial charge in [-0.1, -0.05) is 12.1 Å². The number of hydrogen-bond donors (Lipinski definition) is 2. The molecule has 0 fully saturated rings. The highest BCUT2D eigenvalue weighted by Gasteiger charge is 2.09. The average molecular weight is 331 g/mol. The van der Waals surface area contributed by atoms with E-state index in [0.29, 0.717) is 6.54 Å². The van der Waals surface area contributed by atoms with Crippen LogP contribution in [0.15, 0.2) is 41.7 Å². The fraction of sp³-hybridized carbons (Fsp3) is 0.412. The summed E-state index contributed by atoms with van der Waals surface area (Å²) in [4.78, 5) is 4.24. The lowest BCUT2D eigenvalue weighted by Gasteiger charge is -2.15. The van der Waals surface area contributed by atoms with Gasteiger partial charge < -0.3 is 20.1 Å². The summed E-state index contributed by atoms with van der Waals surface area (Å²) >= 11 is 0. The Morgan fingerprint density at radius 3 is 2.75 bits per heavy atom. The third-order valence-corrected chi connectivity index (χ3v) is 3.57. The van der Waals surface area contributed by atoms with E-state index in [1.807, 2.05) is 35.1 Å². The third-order valence-electron chi connectivity index (χ3n) is 3.57. The van der Waals surface area contributed by atoms with E-state index in [9.17, 15) is 0 Å². The number of rotatable bonds is 8. The second-order valence-corrected chi connectivity index (χ2v) is 5.13. The summed E-state index contributed by atoms with van der Waals surface area (Å²) < 4.78 is 12.7. The van der Waals surface area contributed by atoms with Gasteiger partial charge in [-0.25, -0.2) is 0 Å². The second kappa shape index (κ2) is 9.44. The molecule has 0 aliphatic heterocycles. The lowest BCUT2D eigenvalue weighted by molar-refractivity contribution is 0.351. The highest BCUT2D eigenvalue weighted by molar-refractivity contribution is 5.79. The van der Waals surface area contributed by atoms with Crippen molar-refractivity contribution >= 4 is 5.96 Å². The van der Waals surface area contributed by atoms with E-state index in [2.05, 4.69) is 20.7 Å². The molecule has 0 saturated heterocycles. The van der Waals surface area contributed by atoms with Gasteiger partial charge in [-0.05, 0) is 18.6 Å². The molecule has 0 saturated carbocycles. The molecule has 0 aliphatic carbocycles. The van der Waals surface area contributed by atoms with Gasteiger partial charge in [0.1, 0.15) is 0 Å². The van der Waals surface area contributed by atoms with E-state index in [4.69, 9.17) is 9.47 Å². The van der Waals surface area contributed by atoms with Crippen molar-refractivity contribution in [3.05, 3.63) is 42.2 Å². The Labute approximate surface area is 142 Å². The van der Waals surface area contributed by atoms with Crippen molar-refractivity contribution in [3.8, 4) is 11.5 Å². The summed E-state index contributed by atoms with van der Waals surface area (Å²) in [6.45, 7) is 2.29. The summed E-state index contributed by atoms with van der Waals surface area (Å²) in [6, 6.07) is 7.75. The number of methoxy groups -OCH3 is 2. The van der Waals surface area contributed by atoms with Gasteiger partial charge in [-0.15, -0.1) is 0 Å². The van der Waals surface area contributed by atoms with Gasteiger partial charge in [-0.2, -0.15) is 5.10 Å². The van der Waals surface area contributed by atoms with E-state index in [0.717, 1.165) is 42.5 Å². The van der Waals surface area contributed by atoms with Crippen LogP contribution in [0.25, 0.3) is 0 Å². The predicted octanol–water partition coefficient (Wildman–Crippen LogP) is 1.66. The molecule has 2 aromatic rings. The smallest absolute Gasteiger partial charge is 0.191 e. The van der Waals surface area contributed by atoms with E-state index >= 15 is 0 Å². The number of guanidine groups is 1. The number of nitrogens with one attached hydrogen (secondary N) is 2. The molecule has 7 nitrogen and oxygen atoms in total. The summed E-state index contributed by atoms with van der Waals surface area (Å²) in [5.41, 5.74) is 1.01. The van der Waals surface area contributed by atoms with Gasteiger partial charge in [0.25, 0.3) is 0 Å². The fourth-order valence-corrected chi connectivity index (χ4v) is 2.37. The number of nitrogens with zero attached hydrogens (tertiary/aromatic N) is 3. The number of aliphatic imine (C=N–C) groups is 1. The topological polar surface area (TPSA) is 72.7 Å². The van der Waals surface area contributed by atoms with Crippen molar-refractivity contribution in [3.63, 3.8) is 0 Å². The zero-order valence-corrected chi connectivity index (χ0v) is 14.5. The van der Waals surface area contributed by atoms with Crippen LogP contribution in [0.1, 0.15) is 12.0 Å². The van der Waals surface area contributed by atoms with Crippen molar-refractivity contribution in [1.29, 1.82) is 0 Å². The third kappa shape index (κ3) is 4.91.